The van der Waals surface area contributed by atoms with Gasteiger partial charge >= 0.3 is 0 Å². The molecule has 0 spiro atoms. The van der Waals surface area contributed by atoms with Crippen LogP contribution in [0.1, 0.15) is 24.7 Å². The molecule has 21 heavy (non-hydrogen) atoms. The highest BCUT2D eigenvalue weighted by Crippen LogP contribution is 2.31. The summed E-state index contributed by atoms with van der Waals surface area (Å²) in [5.74, 6) is 0.795. The topological polar surface area (TPSA) is 38.7 Å². The molecule has 0 bridgehead atoms. The number of benzene rings is 1. The van der Waals surface area contributed by atoms with E-state index in [1.54, 1.807) is 6.20 Å². The van der Waals surface area contributed by atoms with Gasteiger partial charge in [-0.05, 0) is 25.5 Å². The van der Waals surface area contributed by atoms with Crippen molar-refractivity contribution in [1.29, 1.82) is 0 Å². The van der Waals surface area contributed by atoms with Crippen molar-refractivity contribution in [3.63, 3.8) is 0 Å². The minimum Gasteiger partial charge on any atom is -0.256 e. The Morgan fingerprint density at radius 1 is 1.10 bits per heavy atom. The molecule has 0 fully saturated rings. The Balaban J connectivity index is 2.27. The van der Waals surface area contributed by atoms with E-state index in [9.17, 15) is 0 Å². The molecule has 2 heterocycles. The van der Waals surface area contributed by atoms with Gasteiger partial charge in [-0.2, -0.15) is 0 Å². The van der Waals surface area contributed by atoms with Gasteiger partial charge in [-0.3, -0.25) is 4.98 Å². The highest BCUT2D eigenvalue weighted by Gasteiger charge is 2.13. The molecule has 3 aromatic rings. The van der Waals surface area contributed by atoms with Crippen LogP contribution in [0, 0.1) is 6.92 Å². The fourth-order valence-corrected chi connectivity index (χ4v) is 2.63. The number of rotatable bonds is 3. The van der Waals surface area contributed by atoms with Gasteiger partial charge in [-0.1, -0.05) is 36.7 Å². The second-order valence-corrected chi connectivity index (χ2v) is 5.39. The third-order valence-electron chi connectivity index (χ3n) is 3.51. The summed E-state index contributed by atoms with van der Waals surface area (Å²) in [4.78, 5) is 13.5. The smallest absolute Gasteiger partial charge is 0.136 e. The zero-order valence-electron chi connectivity index (χ0n) is 12.1. The number of fused-ring (bicyclic) bond motifs is 1. The van der Waals surface area contributed by atoms with Crippen LogP contribution >= 0.6 is 11.6 Å². The highest BCUT2D eigenvalue weighted by molar-refractivity contribution is 6.30. The van der Waals surface area contributed by atoms with E-state index in [1.807, 2.05) is 25.1 Å². The molecule has 0 radical (unpaired) electrons. The van der Waals surface area contributed by atoms with Crippen LogP contribution in [-0.4, -0.2) is 15.0 Å². The molecule has 106 valence electrons. The van der Waals surface area contributed by atoms with Gasteiger partial charge in [-0.15, -0.1) is 0 Å². The Kier molecular flexibility index (Phi) is 3.84. The van der Waals surface area contributed by atoms with Crippen molar-refractivity contribution < 1.29 is 0 Å². The first kappa shape index (κ1) is 14.0. The Bertz CT molecular complexity index is 794. The van der Waals surface area contributed by atoms with Crippen molar-refractivity contribution in [1.82, 2.24) is 15.0 Å². The Morgan fingerprint density at radius 3 is 2.76 bits per heavy atom. The summed E-state index contributed by atoms with van der Waals surface area (Å²) in [6.45, 7) is 4.07. The van der Waals surface area contributed by atoms with Crippen LogP contribution in [0.25, 0.3) is 22.2 Å². The maximum absolute atomic E-state index is 6.29. The van der Waals surface area contributed by atoms with Gasteiger partial charge in [0.15, 0.2) is 0 Å². The number of halogens is 1. The summed E-state index contributed by atoms with van der Waals surface area (Å²) >= 11 is 6.29. The van der Waals surface area contributed by atoms with Crippen molar-refractivity contribution in [2.45, 2.75) is 26.7 Å². The number of hydrogen-bond acceptors (Lipinski definition) is 3. The number of pyridine rings is 1. The molecule has 0 saturated carbocycles. The Morgan fingerprint density at radius 2 is 1.95 bits per heavy atom. The average molecular weight is 298 g/mol. The predicted molar refractivity (Wildman–Crippen MR) is 86.5 cm³/mol. The molecule has 0 amide bonds. The largest absolute Gasteiger partial charge is 0.256 e. The molecule has 3 rings (SSSR count). The first-order valence-corrected chi connectivity index (χ1v) is 7.45. The lowest BCUT2D eigenvalue weighted by molar-refractivity contribution is 0.833. The van der Waals surface area contributed by atoms with E-state index in [4.69, 9.17) is 16.6 Å². The van der Waals surface area contributed by atoms with E-state index in [0.717, 1.165) is 46.4 Å². The Hall–Kier alpha value is -2.00. The van der Waals surface area contributed by atoms with E-state index < -0.39 is 0 Å². The molecule has 0 aliphatic heterocycles. The molecule has 0 saturated heterocycles. The summed E-state index contributed by atoms with van der Waals surface area (Å²) in [5, 5.41) is 1.62. The van der Waals surface area contributed by atoms with Gasteiger partial charge in [0.2, 0.25) is 0 Å². The van der Waals surface area contributed by atoms with Gasteiger partial charge < -0.3 is 0 Å². The summed E-state index contributed by atoms with van der Waals surface area (Å²) in [6, 6.07) is 10.1. The van der Waals surface area contributed by atoms with Crippen molar-refractivity contribution in [2.24, 2.45) is 0 Å². The second kappa shape index (κ2) is 5.78. The number of hydrogen-bond donors (Lipinski definition) is 0. The zero-order chi connectivity index (χ0) is 14.8. The monoisotopic (exact) mass is 297 g/mol. The van der Waals surface area contributed by atoms with Crippen LogP contribution in [0.5, 0.6) is 0 Å². The highest BCUT2D eigenvalue weighted by atomic mass is 35.5. The fraction of sp³-hybridized carbons (Fsp3) is 0.235. The van der Waals surface area contributed by atoms with Crippen LogP contribution < -0.4 is 0 Å². The van der Waals surface area contributed by atoms with Gasteiger partial charge in [0.05, 0.1) is 11.2 Å². The number of aromatic nitrogens is 3. The normalized spacial score (nSPS) is 11.0. The second-order valence-electron chi connectivity index (χ2n) is 5.03. The SMILES string of the molecule is CCCc1nc(Cl)c(C)c(-c2cccc3ncccc23)n1. The molecule has 0 aliphatic rings. The third kappa shape index (κ3) is 2.61. The predicted octanol–water partition coefficient (Wildman–Crippen LogP) is 4.61. The van der Waals surface area contributed by atoms with Gasteiger partial charge in [0, 0.05) is 29.1 Å². The molecule has 0 unspecified atom stereocenters. The van der Waals surface area contributed by atoms with Crippen molar-refractivity contribution in [3.8, 4) is 11.3 Å². The van der Waals surface area contributed by atoms with Crippen LogP contribution in [0.15, 0.2) is 36.5 Å². The van der Waals surface area contributed by atoms with E-state index in [0.29, 0.717) is 5.15 Å². The van der Waals surface area contributed by atoms with Gasteiger partial charge in [-0.25, -0.2) is 9.97 Å². The summed E-state index contributed by atoms with van der Waals surface area (Å²) in [6.07, 6.45) is 3.63. The molecule has 0 atom stereocenters. The minimum atomic E-state index is 0.532. The standard InChI is InChI=1S/C17H16ClN3/c1-3-6-15-20-16(11(2)17(18)21-15)13-7-4-9-14-12(13)8-5-10-19-14/h4-5,7-10H,3,6H2,1-2H3. The molecular weight excluding hydrogens is 282 g/mol. The number of aryl methyl sites for hydroxylation is 1. The van der Waals surface area contributed by atoms with Gasteiger partial charge in [0.25, 0.3) is 0 Å². The molecule has 4 heteroatoms. The summed E-state index contributed by atoms with van der Waals surface area (Å²) in [5.41, 5.74) is 3.82. The van der Waals surface area contributed by atoms with E-state index in [2.05, 4.69) is 29.0 Å². The molecular formula is C17H16ClN3. The summed E-state index contributed by atoms with van der Waals surface area (Å²) < 4.78 is 0. The lowest BCUT2D eigenvalue weighted by Crippen LogP contribution is -2.01. The molecule has 2 aromatic heterocycles. The average Bonchev–Trinajstić information content (AvgIpc) is 2.50. The van der Waals surface area contributed by atoms with Crippen molar-refractivity contribution in [3.05, 3.63) is 53.1 Å². The number of nitrogens with zero attached hydrogens (tertiary/aromatic N) is 3. The molecule has 0 N–H and O–H groups in total. The maximum Gasteiger partial charge on any atom is 0.136 e. The van der Waals surface area contributed by atoms with E-state index in [-0.39, 0.29) is 0 Å². The lowest BCUT2D eigenvalue weighted by Gasteiger charge is -2.11. The molecule has 0 aliphatic carbocycles. The molecule has 1 aromatic carbocycles. The first-order chi connectivity index (χ1) is 10.2. The van der Waals surface area contributed by atoms with E-state index >= 15 is 0 Å². The van der Waals surface area contributed by atoms with Crippen LogP contribution in [0.2, 0.25) is 5.15 Å². The zero-order valence-corrected chi connectivity index (χ0v) is 12.9. The Labute approximate surface area is 129 Å². The third-order valence-corrected chi connectivity index (χ3v) is 3.88. The summed E-state index contributed by atoms with van der Waals surface area (Å²) in [7, 11) is 0. The fourth-order valence-electron chi connectivity index (χ4n) is 2.44. The van der Waals surface area contributed by atoms with Crippen LogP contribution in [0.3, 0.4) is 0 Å². The van der Waals surface area contributed by atoms with Crippen molar-refractivity contribution in [2.75, 3.05) is 0 Å². The maximum atomic E-state index is 6.29. The van der Waals surface area contributed by atoms with Crippen LogP contribution in [-0.2, 0) is 6.42 Å². The quantitative estimate of drug-likeness (QED) is 0.663. The van der Waals surface area contributed by atoms with E-state index in [1.165, 1.54) is 0 Å². The first-order valence-electron chi connectivity index (χ1n) is 7.08. The van der Waals surface area contributed by atoms with Crippen LogP contribution in [0.4, 0.5) is 0 Å². The van der Waals surface area contributed by atoms with Crippen molar-refractivity contribution >= 4 is 22.5 Å². The van der Waals surface area contributed by atoms with Gasteiger partial charge in [0.1, 0.15) is 11.0 Å². The molecule has 3 nitrogen and oxygen atoms in total. The lowest BCUT2D eigenvalue weighted by atomic mass is 10.0. The minimum absolute atomic E-state index is 0.532.